The molecule has 0 radical (unpaired) electrons. The predicted molar refractivity (Wildman–Crippen MR) is 75.7 cm³/mol. The molecule has 0 aliphatic carbocycles. The summed E-state index contributed by atoms with van der Waals surface area (Å²) in [6.45, 7) is 3.39. The van der Waals surface area contributed by atoms with E-state index in [9.17, 15) is 8.42 Å². The zero-order valence-corrected chi connectivity index (χ0v) is 12.6. The second-order valence-electron chi connectivity index (χ2n) is 4.66. The molecule has 0 saturated carbocycles. The Balaban J connectivity index is 1.95. The van der Waals surface area contributed by atoms with Gasteiger partial charge in [0.05, 0.1) is 11.0 Å². The lowest BCUT2D eigenvalue weighted by atomic mass is 10.2. The van der Waals surface area contributed by atoms with Gasteiger partial charge in [-0.1, -0.05) is 0 Å². The standard InChI is InChI=1S/C12H20N2O3S2/c1-9-12(7-11(8-13)18-9)19(15,16)14-5-4-10-3-2-6-17-10/h7,10,14H,2-6,8,13H2,1H3. The normalized spacial score (nSPS) is 20.0. The molecule has 2 rings (SSSR count). The summed E-state index contributed by atoms with van der Waals surface area (Å²) in [5.41, 5.74) is 5.54. The van der Waals surface area contributed by atoms with E-state index in [1.165, 1.54) is 11.3 Å². The van der Waals surface area contributed by atoms with Gasteiger partial charge in [0.2, 0.25) is 10.0 Å². The van der Waals surface area contributed by atoms with Crippen molar-refractivity contribution in [3.8, 4) is 0 Å². The van der Waals surface area contributed by atoms with Crippen LogP contribution in [0.5, 0.6) is 0 Å². The smallest absolute Gasteiger partial charge is 0.241 e. The van der Waals surface area contributed by atoms with Crippen LogP contribution in [-0.2, 0) is 21.3 Å². The summed E-state index contributed by atoms with van der Waals surface area (Å²) in [5.74, 6) is 0. The molecule has 1 aliphatic rings. The molecule has 19 heavy (non-hydrogen) atoms. The molecular formula is C12H20N2O3S2. The third-order valence-electron chi connectivity index (χ3n) is 3.20. The molecule has 108 valence electrons. The van der Waals surface area contributed by atoms with Crippen LogP contribution < -0.4 is 10.5 Å². The number of hydrogen-bond donors (Lipinski definition) is 2. The fourth-order valence-corrected chi connectivity index (χ4v) is 4.76. The molecular weight excluding hydrogens is 284 g/mol. The highest BCUT2D eigenvalue weighted by molar-refractivity contribution is 7.89. The minimum atomic E-state index is -3.42. The number of nitrogens with one attached hydrogen (secondary N) is 1. The number of hydrogen-bond acceptors (Lipinski definition) is 5. The first-order valence-electron chi connectivity index (χ1n) is 6.43. The van der Waals surface area contributed by atoms with Gasteiger partial charge in [-0.2, -0.15) is 0 Å². The highest BCUT2D eigenvalue weighted by Gasteiger charge is 2.21. The van der Waals surface area contributed by atoms with Crippen molar-refractivity contribution in [2.24, 2.45) is 5.73 Å². The lowest BCUT2D eigenvalue weighted by Gasteiger charge is -2.10. The second-order valence-corrected chi connectivity index (χ2v) is 7.74. The SMILES string of the molecule is Cc1sc(CN)cc1S(=O)(=O)NCCC1CCCO1. The van der Waals surface area contributed by atoms with E-state index < -0.39 is 10.0 Å². The van der Waals surface area contributed by atoms with Crippen molar-refractivity contribution < 1.29 is 13.2 Å². The van der Waals surface area contributed by atoms with Gasteiger partial charge in [-0.3, -0.25) is 0 Å². The number of nitrogens with two attached hydrogens (primary N) is 1. The van der Waals surface area contributed by atoms with Crippen LogP contribution in [0.25, 0.3) is 0 Å². The fourth-order valence-electron chi connectivity index (χ4n) is 2.20. The topological polar surface area (TPSA) is 81.4 Å². The molecule has 1 atom stereocenters. The zero-order valence-electron chi connectivity index (χ0n) is 11.0. The van der Waals surface area contributed by atoms with Crippen LogP contribution in [0.4, 0.5) is 0 Å². The van der Waals surface area contributed by atoms with E-state index in [0.29, 0.717) is 18.0 Å². The summed E-state index contributed by atoms with van der Waals surface area (Å²) in [6.07, 6.45) is 3.02. The van der Waals surface area contributed by atoms with Gasteiger partial charge in [0, 0.05) is 29.5 Å². The Hall–Kier alpha value is -0.470. The Kier molecular flexibility index (Phi) is 4.97. The molecule has 0 bridgehead atoms. The molecule has 0 aromatic carbocycles. The molecule has 0 amide bonds. The van der Waals surface area contributed by atoms with Crippen LogP contribution in [0.15, 0.2) is 11.0 Å². The van der Waals surface area contributed by atoms with E-state index in [2.05, 4.69) is 4.72 Å². The van der Waals surface area contributed by atoms with Crippen molar-refractivity contribution in [1.82, 2.24) is 4.72 Å². The minimum absolute atomic E-state index is 0.200. The third-order valence-corrected chi connectivity index (χ3v) is 5.99. The molecule has 1 aliphatic heterocycles. The molecule has 2 heterocycles. The minimum Gasteiger partial charge on any atom is -0.378 e. The number of ether oxygens (including phenoxy) is 1. The first-order valence-corrected chi connectivity index (χ1v) is 8.73. The summed E-state index contributed by atoms with van der Waals surface area (Å²) < 4.78 is 32.4. The van der Waals surface area contributed by atoms with Gasteiger partial charge in [0.15, 0.2) is 0 Å². The monoisotopic (exact) mass is 304 g/mol. The maximum absolute atomic E-state index is 12.2. The van der Waals surface area contributed by atoms with Gasteiger partial charge >= 0.3 is 0 Å². The van der Waals surface area contributed by atoms with Crippen LogP contribution in [-0.4, -0.2) is 27.7 Å². The summed E-state index contributed by atoms with van der Waals surface area (Å²) in [7, 11) is -3.42. The largest absolute Gasteiger partial charge is 0.378 e. The van der Waals surface area contributed by atoms with Crippen molar-refractivity contribution in [2.75, 3.05) is 13.2 Å². The Bertz CT molecular complexity index is 519. The Morgan fingerprint density at radius 1 is 1.58 bits per heavy atom. The molecule has 1 fully saturated rings. The molecule has 0 spiro atoms. The van der Waals surface area contributed by atoms with Crippen molar-refractivity contribution in [3.05, 3.63) is 15.8 Å². The number of sulfonamides is 1. The van der Waals surface area contributed by atoms with E-state index in [4.69, 9.17) is 10.5 Å². The first kappa shape index (κ1) is 14.9. The molecule has 5 nitrogen and oxygen atoms in total. The third kappa shape index (κ3) is 3.76. The van der Waals surface area contributed by atoms with Gasteiger partial charge in [0.1, 0.15) is 0 Å². The molecule has 1 aromatic heterocycles. The highest BCUT2D eigenvalue weighted by atomic mass is 32.2. The number of thiophene rings is 1. The quantitative estimate of drug-likeness (QED) is 0.831. The van der Waals surface area contributed by atoms with Crippen LogP contribution in [0.2, 0.25) is 0 Å². The van der Waals surface area contributed by atoms with Crippen LogP contribution >= 0.6 is 11.3 Å². The van der Waals surface area contributed by atoms with Crippen molar-refractivity contribution in [2.45, 2.75) is 43.7 Å². The number of aryl methyl sites for hydroxylation is 1. The molecule has 1 unspecified atom stereocenters. The lowest BCUT2D eigenvalue weighted by molar-refractivity contribution is 0.105. The Labute approximate surface area is 118 Å². The van der Waals surface area contributed by atoms with E-state index in [1.807, 2.05) is 0 Å². The molecule has 3 N–H and O–H groups in total. The van der Waals surface area contributed by atoms with E-state index in [-0.39, 0.29) is 6.10 Å². The first-order chi connectivity index (χ1) is 9.03. The van der Waals surface area contributed by atoms with Gasteiger partial charge in [-0.25, -0.2) is 13.1 Å². The average molecular weight is 304 g/mol. The summed E-state index contributed by atoms with van der Waals surface area (Å²) in [5, 5.41) is 0. The summed E-state index contributed by atoms with van der Waals surface area (Å²) in [4.78, 5) is 2.02. The summed E-state index contributed by atoms with van der Waals surface area (Å²) >= 11 is 1.43. The lowest BCUT2D eigenvalue weighted by Crippen LogP contribution is -2.27. The summed E-state index contributed by atoms with van der Waals surface area (Å²) in [6, 6.07) is 1.66. The predicted octanol–water partition coefficient (Wildman–Crippen LogP) is 1.36. The Morgan fingerprint density at radius 2 is 2.37 bits per heavy atom. The van der Waals surface area contributed by atoms with E-state index in [1.54, 1.807) is 13.0 Å². The number of rotatable bonds is 6. The van der Waals surface area contributed by atoms with E-state index >= 15 is 0 Å². The maximum Gasteiger partial charge on any atom is 0.241 e. The van der Waals surface area contributed by atoms with Crippen LogP contribution in [0.3, 0.4) is 0 Å². The molecule has 7 heteroatoms. The van der Waals surface area contributed by atoms with Crippen molar-refractivity contribution >= 4 is 21.4 Å². The van der Waals surface area contributed by atoms with Gasteiger partial charge in [0.25, 0.3) is 0 Å². The van der Waals surface area contributed by atoms with Crippen LogP contribution in [0, 0.1) is 6.92 Å². The highest BCUT2D eigenvalue weighted by Crippen LogP contribution is 2.25. The van der Waals surface area contributed by atoms with Gasteiger partial charge in [-0.05, 0) is 32.3 Å². The zero-order chi connectivity index (χ0) is 13.9. The molecule has 1 saturated heterocycles. The van der Waals surface area contributed by atoms with Gasteiger partial charge < -0.3 is 10.5 Å². The van der Waals surface area contributed by atoms with Crippen molar-refractivity contribution in [1.29, 1.82) is 0 Å². The fraction of sp³-hybridized carbons (Fsp3) is 0.667. The van der Waals surface area contributed by atoms with Gasteiger partial charge in [-0.15, -0.1) is 11.3 Å². The second kappa shape index (κ2) is 6.32. The van der Waals surface area contributed by atoms with Crippen LogP contribution in [0.1, 0.15) is 29.0 Å². The maximum atomic E-state index is 12.2. The molecule has 1 aromatic rings. The van der Waals surface area contributed by atoms with E-state index in [0.717, 1.165) is 35.6 Å². The Morgan fingerprint density at radius 3 is 2.95 bits per heavy atom. The average Bonchev–Trinajstić information content (AvgIpc) is 2.98. The van der Waals surface area contributed by atoms with Crippen molar-refractivity contribution in [3.63, 3.8) is 0 Å².